The third-order valence-electron chi connectivity index (χ3n) is 4.80. The monoisotopic (exact) mass is 394 g/mol. The summed E-state index contributed by atoms with van der Waals surface area (Å²) in [6, 6.07) is 24.5. The molecule has 146 valence electrons. The van der Waals surface area contributed by atoms with E-state index < -0.39 is 0 Å². The van der Waals surface area contributed by atoms with Crippen LogP contribution >= 0.6 is 0 Å². The zero-order valence-corrected chi connectivity index (χ0v) is 16.0. The topological polar surface area (TPSA) is 73.0 Å². The molecule has 5 rings (SSSR count). The largest absolute Gasteiger partial charge is 0.436 e. The highest BCUT2D eigenvalue weighted by molar-refractivity contribution is 6.04. The zero-order chi connectivity index (χ0) is 20.3. The number of hydrogen-bond donors (Lipinski definition) is 1. The van der Waals surface area contributed by atoms with E-state index in [-0.39, 0.29) is 5.91 Å². The molecule has 6 heteroatoms. The molecule has 0 aliphatic carbocycles. The Bertz CT molecular complexity index is 1250. The molecule has 1 amide bonds. The highest BCUT2D eigenvalue weighted by Crippen LogP contribution is 2.25. The van der Waals surface area contributed by atoms with E-state index in [0.29, 0.717) is 23.7 Å². The maximum atomic E-state index is 12.6. The first-order valence-corrected chi connectivity index (χ1v) is 9.58. The third-order valence-corrected chi connectivity index (χ3v) is 4.80. The Morgan fingerprint density at radius 2 is 1.73 bits per heavy atom. The molecule has 2 aromatic heterocycles. The minimum Gasteiger partial charge on any atom is -0.436 e. The van der Waals surface area contributed by atoms with Gasteiger partial charge in [0.2, 0.25) is 5.89 Å². The molecule has 1 N–H and O–H groups in total. The highest BCUT2D eigenvalue weighted by atomic mass is 16.3. The predicted octanol–water partition coefficient (Wildman–Crippen LogP) is 4.99. The van der Waals surface area contributed by atoms with Crippen LogP contribution in [0.3, 0.4) is 0 Å². The van der Waals surface area contributed by atoms with Crippen LogP contribution in [-0.4, -0.2) is 20.7 Å². The summed E-state index contributed by atoms with van der Waals surface area (Å²) in [7, 11) is 0. The molecule has 30 heavy (non-hydrogen) atoms. The predicted molar refractivity (Wildman–Crippen MR) is 115 cm³/mol. The van der Waals surface area contributed by atoms with Gasteiger partial charge in [-0.15, -0.1) is 0 Å². The maximum absolute atomic E-state index is 12.6. The van der Waals surface area contributed by atoms with Crippen LogP contribution < -0.4 is 5.32 Å². The van der Waals surface area contributed by atoms with Crippen LogP contribution in [0.5, 0.6) is 0 Å². The van der Waals surface area contributed by atoms with Crippen molar-refractivity contribution in [2.45, 2.75) is 6.54 Å². The average molecular weight is 394 g/mol. The minimum atomic E-state index is -0.157. The first kappa shape index (κ1) is 17.9. The van der Waals surface area contributed by atoms with Crippen LogP contribution in [0, 0.1) is 0 Å². The highest BCUT2D eigenvalue weighted by Gasteiger charge is 2.09. The van der Waals surface area contributed by atoms with Crippen molar-refractivity contribution in [2.24, 2.45) is 0 Å². The van der Waals surface area contributed by atoms with E-state index in [9.17, 15) is 4.79 Å². The Balaban J connectivity index is 1.26. The van der Waals surface area contributed by atoms with Crippen molar-refractivity contribution in [1.29, 1.82) is 0 Å². The smallest absolute Gasteiger partial charge is 0.255 e. The van der Waals surface area contributed by atoms with E-state index in [4.69, 9.17) is 4.42 Å². The van der Waals surface area contributed by atoms with E-state index >= 15 is 0 Å². The summed E-state index contributed by atoms with van der Waals surface area (Å²) >= 11 is 0. The van der Waals surface area contributed by atoms with Crippen molar-refractivity contribution in [2.75, 3.05) is 5.32 Å². The summed E-state index contributed by atoms with van der Waals surface area (Å²) in [5.74, 6) is 0.400. The lowest BCUT2D eigenvalue weighted by molar-refractivity contribution is 0.102. The molecule has 0 spiro atoms. The number of fused-ring (bicyclic) bond motifs is 1. The van der Waals surface area contributed by atoms with Gasteiger partial charge in [-0.1, -0.05) is 24.3 Å². The molecule has 0 bridgehead atoms. The standard InChI is InChI=1S/C24H18N4O2/c29-23(18-8-6-17(7-9-18)16-28-15-3-14-25-28)26-20-12-10-19(11-13-20)24-27-21-4-1-2-5-22(21)30-24/h1-15H,16H2,(H,26,29). The van der Waals surface area contributed by atoms with Gasteiger partial charge in [-0.3, -0.25) is 9.48 Å². The fourth-order valence-corrected chi connectivity index (χ4v) is 3.24. The van der Waals surface area contributed by atoms with Gasteiger partial charge in [0.15, 0.2) is 5.58 Å². The number of nitrogens with one attached hydrogen (secondary N) is 1. The quantitative estimate of drug-likeness (QED) is 0.456. The Morgan fingerprint density at radius 3 is 2.47 bits per heavy atom. The van der Waals surface area contributed by atoms with Gasteiger partial charge in [-0.2, -0.15) is 5.10 Å². The van der Waals surface area contributed by atoms with Crippen LogP contribution in [-0.2, 0) is 6.54 Å². The lowest BCUT2D eigenvalue weighted by Crippen LogP contribution is -2.12. The molecule has 2 heterocycles. The Hall–Kier alpha value is -4.19. The molecular weight excluding hydrogens is 376 g/mol. The van der Waals surface area contributed by atoms with Crippen molar-refractivity contribution < 1.29 is 9.21 Å². The van der Waals surface area contributed by atoms with E-state index in [1.54, 1.807) is 6.20 Å². The first-order chi connectivity index (χ1) is 14.7. The summed E-state index contributed by atoms with van der Waals surface area (Å²) in [4.78, 5) is 17.1. The number of oxazole rings is 1. The second-order valence-electron chi connectivity index (χ2n) is 6.92. The summed E-state index contributed by atoms with van der Waals surface area (Å²) in [5.41, 5.74) is 4.81. The SMILES string of the molecule is O=C(Nc1ccc(-c2nc3ccccc3o2)cc1)c1ccc(Cn2cccn2)cc1. The Morgan fingerprint density at radius 1 is 0.933 bits per heavy atom. The van der Waals surface area contributed by atoms with Crippen LogP contribution in [0.2, 0.25) is 0 Å². The lowest BCUT2D eigenvalue weighted by atomic mass is 10.1. The minimum absolute atomic E-state index is 0.157. The molecule has 0 aliphatic rings. The van der Waals surface area contributed by atoms with E-state index in [1.165, 1.54) is 0 Å². The summed E-state index contributed by atoms with van der Waals surface area (Å²) in [6.07, 6.45) is 3.66. The molecule has 0 aliphatic heterocycles. The van der Waals surface area contributed by atoms with Crippen molar-refractivity contribution in [3.63, 3.8) is 0 Å². The van der Waals surface area contributed by atoms with Crippen molar-refractivity contribution in [3.05, 3.63) is 102 Å². The van der Waals surface area contributed by atoms with Gasteiger partial charge in [0.1, 0.15) is 5.52 Å². The number of carbonyl (C=O) groups excluding carboxylic acids is 1. The number of carbonyl (C=O) groups is 1. The van der Waals surface area contributed by atoms with Crippen molar-refractivity contribution >= 4 is 22.7 Å². The molecule has 0 unspecified atom stereocenters. The number of anilines is 1. The number of aromatic nitrogens is 3. The van der Waals surface area contributed by atoms with E-state index in [1.807, 2.05) is 89.7 Å². The number of amides is 1. The van der Waals surface area contributed by atoms with E-state index in [0.717, 1.165) is 22.2 Å². The van der Waals surface area contributed by atoms with Crippen molar-refractivity contribution in [3.8, 4) is 11.5 Å². The van der Waals surface area contributed by atoms with Crippen LogP contribution in [0.1, 0.15) is 15.9 Å². The number of hydrogen-bond acceptors (Lipinski definition) is 4. The van der Waals surface area contributed by atoms with Gasteiger partial charge >= 0.3 is 0 Å². The lowest BCUT2D eigenvalue weighted by Gasteiger charge is -2.07. The summed E-state index contributed by atoms with van der Waals surface area (Å²) in [5, 5.41) is 7.11. The maximum Gasteiger partial charge on any atom is 0.255 e. The Labute approximate surface area is 172 Å². The molecule has 6 nitrogen and oxygen atoms in total. The van der Waals surface area contributed by atoms with Crippen molar-refractivity contribution in [1.82, 2.24) is 14.8 Å². The molecule has 5 aromatic rings. The van der Waals surface area contributed by atoms with Gasteiger partial charge < -0.3 is 9.73 Å². The third kappa shape index (κ3) is 3.71. The summed E-state index contributed by atoms with van der Waals surface area (Å²) in [6.45, 7) is 0.673. The second kappa shape index (κ2) is 7.67. The fourth-order valence-electron chi connectivity index (χ4n) is 3.24. The zero-order valence-electron chi connectivity index (χ0n) is 16.0. The number of rotatable bonds is 5. The first-order valence-electron chi connectivity index (χ1n) is 9.58. The van der Waals surface area contributed by atoms with Crippen LogP contribution in [0.25, 0.3) is 22.6 Å². The molecule has 0 saturated heterocycles. The van der Waals surface area contributed by atoms with Gasteiger partial charge in [-0.25, -0.2) is 4.98 Å². The average Bonchev–Trinajstić information content (AvgIpc) is 3.44. The number of nitrogens with zero attached hydrogens (tertiary/aromatic N) is 3. The van der Waals surface area contributed by atoms with E-state index in [2.05, 4.69) is 15.4 Å². The molecular formula is C24H18N4O2. The van der Waals surface area contributed by atoms with Crippen LogP contribution in [0.15, 0.2) is 95.7 Å². The van der Waals surface area contributed by atoms with Gasteiger partial charge in [0, 0.05) is 29.2 Å². The molecule has 3 aromatic carbocycles. The van der Waals surface area contributed by atoms with Gasteiger partial charge in [0.25, 0.3) is 5.91 Å². The number of benzene rings is 3. The fraction of sp³-hybridized carbons (Fsp3) is 0.0417. The normalized spacial score (nSPS) is 10.9. The van der Waals surface area contributed by atoms with Crippen LogP contribution in [0.4, 0.5) is 5.69 Å². The number of para-hydroxylation sites is 2. The van der Waals surface area contributed by atoms with Gasteiger partial charge in [-0.05, 0) is 60.2 Å². The van der Waals surface area contributed by atoms with Gasteiger partial charge in [0.05, 0.1) is 6.54 Å². The molecule has 0 saturated carbocycles. The summed E-state index contributed by atoms with van der Waals surface area (Å²) < 4.78 is 7.63. The Kier molecular flexibility index (Phi) is 4.57. The molecule has 0 fully saturated rings. The second-order valence-corrected chi connectivity index (χ2v) is 6.92. The molecule has 0 radical (unpaired) electrons. The molecule has 0 atom stereocenters.